The Morgan fingerprint density at radius 1 is 0.957 bits per heavy atom. The van der Waals surface area contributed by atoms with Gasteiger partial charge >= 0.3 is 5.97 Å². The molecule has 4 nitrogen and oxygen atoms in total. The van der Waals surface area contributed by atoms with Crippen LogP contribution in [-0.2, 0) is 9.53 Å². The van der Waals surface area contributed by atoms with Gasteiger partial charge in [0.1, 0.15) is 6.07 Å². The maximum Gasteiger partial charge on any atom is 0.350 e. The van der Waals surface area contributed by atoms with Crippen LogP contribution in [0.1, 0.15) is 84.5 Å². The van der Waals surface area contributed by atoms with Crippen LogP contribution in [-0.4, -0.2) is 19.1 Å². The Balaban J connectivity index is 3.65. The van der Waals surface area contributed by atoms with Gasteiger partial charge in [0, 0.05) is 12.7 Å². The molecule has 0 radical (unpaired) electrons. The molecule has 0 unspecified atom stereocenters. The number of nitrogens with one attached hydrogen (secondary N) is 1. The number of carbonyl (C=O) groups excluding carboxylic acids is 1. The second-order valence-corrected chi connectivity index (χ2v) is 5.94. The lowest BCUT2D eigenvalue weighted by molar-refractivity contribution is -0.138. The molecule has 0 rings (SSSR count). The number of esters is 1. The van der Waals surface area contributed by atoms with E-state index in [-0.39, 0.29) is 5.57 Å². The average molecular weight is 322 g/mol. The standard InChI is InChI=1S/C19H34N2O2/c1-3-5-7-8-9-10-11-12-14-21-17-18(16-20)19(22)23-15-13-6-4-2/h17,21H,3-15H2,1-2H3/b18-17+. The number of ether oxygens (including phenoxy) is 1. The summed E-state index contributed by atoms with van der Waals surface area (Å²) in [5.74, 6) is -0.521. The summed E-state index contributed by atoms with van der Waals surface area (Å²) in [5, 5.41) is 12.0. The highest BCUT2D eigenvalue weighted by atomic mass is 16.5. The smallest absolute Gasteiger partial charge is 0.350 e. The van der Waals surface area contributed by atoms with Gasteiger partial charge in [0.15, 0.2) is 5.57 Å². The number of carbonyl (C=O) groups is 1. The van der Waals surface area contributed by atoms with Crippen molar-refractivity contribution < 1.29 is 9.53 Å². The van der Waals surface area contributed by atoms with Crippen LogP contribution < -0.4 is 5.32 Å². The fraction of sp³-hybridized carbons (Fsp3) is 0.789. The van der Waals surface area contributed by atoms with Crippen molar-refractivity contribution in [2.45, 2.75) is 84.5 Å². The molecule has 0 aromatic rings. The van der Waals surface area contributed by atoms with Crippen molar-refractivity contribution in [3.63, 3.8) is 0 Å². The van der Waals surface area contributed by atoms with E-state index in [0.29, 0.717) is 6.61 Å². The van der Waals surface area contributed by atoms with Crippen molar-refractivity contribution in [2.75, 3.05) is 13.2 Å². The SMILES string of the molecule is CCCCCCCCCCN/C=C(\C#N)C(=O)OCCCCC. The van der Waals surface area contributed by atoms with Crippen LogP contribution in [0, 0.1) is 11.3 Å². The van der Waals surface area contributed by atoms with Crippen molar-refractivity contribution in [1.29, 1.82) is 5.26 Å². The van der Waals surface area contributed by atoms with E-state index in [1.165, 1.54) is 51.1 Å². The van der Waals surface area contributed by atoms with Gasteiger partial charge in [-0.2, -0.15) is 5.26 Å². The molecule has 0 aliphatic carbocycles. The van der Waals surface area contributed by atoms with E-state index in [0.717, 1.165) is 32.2 Å². The lowest BCUT2D eigenvalue weighted by Crippen LogP contribution is -2.13. The molecule has 132 valence electrons. The van der Waals surface area contributed by atoms with Gasteiger partial charge in [-0.05, 0) is 12.8 Å². The monoisotopic (exact) mass is 322 g/mol. The molecule has 0 bridgehead atoms. The largest absolute Gasteiger partial charge is 0.462 e. The van der Waals surface area contributed by atoms with E-state index in [1.54, 1.807) is 0 Å². The minimum absolute atomic E-state index is 0.0565. The maximum atomic E-state index is 11.7. The van der Waals surface area contributed by atoms with Gasteiger partial charge in [-0.25, -0.2) is 4.79 Å². The minimum Gasteiger partial charge on any atom is -0.462 e. The van der Waals surface area contributed by atoms with Gasteiger partial charge in [0.2, 0.25) is 0 Å². The first kappa shape index (κ1) is 21.5. The van der Waals surface area contributed by atoms with Gasteiger partial charge < -0.3 is 10.1 Å². The van der Waals surface area contributed by atoms with E-state index < -0.39 is 5.97 Å². The third-order valence-electron chi connectivity index (χ3n) is 3.74. The number of nitriles is 1. The van der Waals surface area contributed by atoms with Crippen LogP contribution in [0.4, 0.5) is 0 Å². The van der Waals surface area contributed by atoms with E-state index in [2.05, 4.69) is 19.2 Å². The number of nitrogens with zero attached hydrogens (tertiary/aromatic N) is 1. The second-order valence-electron chi connectivity index (χ2n) is 5.94. The predicted octanol–water partition coefficient (Wildman–Crippen LogP) is 4.86. The molecule has 0 aliphatic heterocycles. The first-order valence-electron chi connectivity index (χ1n) is 9.27. The molecule has 0 aromatic heterocycles. The Morgan fingerprint density at radius 2 is 1.52 bits per heavy atom. The van der Waals surface area contributed by atoms with Crippen LogP contribution in [0.3, 0.4) is 0 Å². The Kier molecular flexibility index (Phi) is 15.8. The van der Waals surface area contributed by atoms with Gasteiger partial charge in [-0.1, -0.05) is 71.6 Å². The lowest BCUT2D eigenvalue weighted by atomic mass is 10.1. The summed E-state index contributed by atoms with van der Waals surface area (Å²) in [7, 11) is 0. The molecule has 0 aliphatic rings. The summed E-state index contributed by atoms with van der Waals surface area (Å²) in [6.45, 7) is 5.51. The first-order chi connectivity index (χ1) is 11.3. The van der Waals surface area contributed by atoms with E-state index in [1.807, 2.05) is 6.07 Å². The van der Waals surface area contributed by atoms with Gasteiger partial charge in [0.25, 0.3) is 0 Å². The molecule has 4 heteroatoms. The predicted molar refractivity (Wildman–Crippen MR) is 94.8 cm³/mol. The first-order valence-corrected chi connectivity index (χ1v) is 9.27. The topological polar surface area (TPSA) is 62.1 Å². The molecule has 0 heterocycles. The van der Waals surface area contributed by atoms with Crippen LogP contribution in [0.2, 0.25) is 0 Å². The summed E-state index contributed by atoms with van der Waals surface area (Å²) in [5.41, 5.74) is 0.0565. The third-order valence-corrected chi connectivity index (χ3v) is 3.74. The van der Waals surface area contributed by atoms with Crippen LogP contribution in [0.15, 0.2) is 11.8 Å². The van der Waals surface area contributed by atoms with E-state index in [9.17, 15) is 4.79 Å². The average Bonchev–Trinajstić information content (AvgIpc) is 2.56. The van der Waals surface area contributed by atoms with Gasteiger partial charge in [-0.3, -0.25) is 0 Å². The quantitative estimate of drug-likeness (QED) is 0.202. The Labute approximate surface area is 142 Å². The highest BCUT2D eigenvalue weighted by Gasteiger charge is 2.09. The van der Waals surface area contributed by atoms with E-state index in [4.69, 9.17) is 10.00 Å². The number of rotatable bonds is 15. The Morgan fingerprint density at radius 3 is 2.13 bits per heavy atom. The van der Waals surface area contributed by atoms with Crippen LogP contribution in [0.5, 0.6) is 0 Å². The van der Waals surface area contributed by atoms with Crippen molar-refractivity contribution in [1.82, 2.24) is 5.32 Å². The van der Waals surface area contributed by atoms with Crippen molar-refractivity contribution in [3.05, 3.63) is 11.8 Å². The molecule has 0 saturated carbocycles. The van der Waals surface area contributed by atoms with Crippen molar-refractivity contribution in [2.24, 2.45) is 0 Å². The van der Waals surface area contributed by atoms with E-state index >= 15 is 0 Å². The van der Waals surface area contributed by atoms with Gasteiger partial charge in [0.05, 0.1) is 6.61 Å². The zero-order valence-electron chi connectivity index (χ0n) is 15.0. The fourth-order valence-corrected chi connectivity index (χ4v) is 2.27. The summed E-state index contributed by atoms with van der Waals surface area (Å²) < 4.78 is 5.07. The molecule has 0 fully saturated rings. The number of unbranched alkanes of at least 4 members (excludes halogenated alkanes) is 9. The molecule has 0 spiro atoms. The molecule has 0 aromatic carbocycles. The second kappa shape index (κ2) is 16.9. The van der Waals surface area contributed by atoms with Crippen LogP contribution in [0.25, 0.3) is 0 Å². The lowest BCUT2D eigenvalue weighted by Gasteiger charge is -2.05. The molecule has 1 N–H and O–H groups in total. The number of hydrogen-bond donors (Lipinski definition) is 1. The highest BCUT2D eigenvalue weighted by molar-refractivity contribution is 5.92. The van der Waals surface area contributed by atoms with Crippen molar-refractivity contribution >= 4 is 5.97 Å². The highest BCUT2D eigenvalue weighted by Crippen LogP contribution is 2.08. The van der Waals surface area contributed by atoms with Gasteiger partial charge in [-0.15, -0.1) is 0 Å². The molecule has 23 heavy (non-hydrogen) atoms. The maximum absolute atomic E-state index is 11.7. The normalized spacial score (nSPS) is 11.1. The zero-order valence-corrected chi connectivity index (χ0v) is 15.0. The summed E-state index contributed by atoms with van der Waals surface area (Å²) in [6, 6.07) is 1.90. The molecular formula is C19H34N2O2. The third kappa shape index (κ3) is 13.9. The molecular weight excluding hydrogens is 288 g/mol. The Bertz CT molecular complexity index is 359. The molecule has 0 amide bonds. The molecule has 0 atom stereocenters. The fourth-order valence-electron chi connectivity index (χ4n) is 2.27. The minimum atomic E-state index is -0.521. The van der Waals surface area contributed by atoms with Crippen molar-refractivity contribution in [3.8, 4) is 6.07 Å². The summed E-state index contributed by atoms with van der Waals surface area (Å²) in [4.78, 5) is 11.7. The summed E-state index contributed by atoms with van der Waals surface area (Å²) in [6.07, 6.45) is 14.6. The van der Waals surface area contributed by atoms with Crippen LogP contribution >= 0.6 is 0 Å². The Hall–Kier alpha value is -1.50. The molecule has 0 saturated heterocycles. The zero-order chi connectivity index (χ0) is 17.2. The number of hydrogen-bond acceptors (Lipinski definition) is 4. The summed E-state index contributed by atoms with van der Waals surface area (Å²) >= 11 is 0.